The van der Waals surface area contributed by atoms with Crippen LogP contribution in [0.15, 0.2) is 22.6 Å². The zero-order valence-electron chi connectivity index (χ0n) is 14.4. The van der Waals surface area contributed by atoms with Crippen molar-refractivity contribution in [3.63, 3.8) is 0 Å². The molecule has 25 heavy (non-hydrogen) atoms. The highest BCUT2D eigenvalue weighted by Crippen LogP contribution is 2.37. The second-order valence-electron chi connectivity index (χ2n) is 6.51. The van der Waals surface area contributed by atoms with Crippen molar-refractivity contribution in [3.05, 3.63) is 33.5 Å². The maximum atomic E-state index is 11.1. The van der Waals surface area contributed by atoms with Crippen LogP contribution < -0.4 is 10.7 Å². The lowest BCUT2D eigenvalue weighted by atomic mass is 9.91. The number of nitrogens with zero attached hydrogens (tertiary/aromatic N) is 1. The lowest BCUT2D eigenvalue weighted by molar-refractivity contribution is -0.142. The maximum Gasteiger partial charge on any atom is 0.307 e. The van der Waals surface area contributed by atoms with Crippen LogP contribution in [-0.4, -0.2) is 36.9 Å². The van der Waals surface area contributed by atoms with Gasteiger partial charge in [-0.3, -0.25) is 4.79 Å². The molecule has 2 aromatic rings. The SMILES string of the molecule is Cc1ccsc1-c1sc(/C=N/NC[C@H]2CNC[C@H](C(=O)O)C2)cc1C. The molecule has 0 aliphatic carbocycles. The Morgan fingerprint density at radius 1 is 1.40 bits per heavy atom. The minimum Gasteiger partial charge on any atom is -0.481 e. The molecule has 0 amide bonds. The molecule has 0 bridgehead atoms. The van der Waals surface area contributed by atoms with Crippen LogP contribution >= 0.6 is 22.7 Å². The van der Waals surface area contributed by atoms with Gasteiger partial charge in [0.05, 0.1) is 12.1 Å². The molecule has 0 spiro atoms. The van der Waals surface area contributed by atoms with Crippen LogP contribution in [0.4, 0.5) is 0 Å². The zero-order chi connectivity index (χ0) is 17.8. The number of aliphatic carboxylic acids is 1. The van der Waals surface area contributed by atoms with E-state index in [1.165, 1.54) is 20.9 Å². The summed E-state index contributed by atoms with van der Waals surface area (Å²) >= 11 is 3.53. The predicted molar refractivity (Wildman–Crippen MR) is 105 cm³/mol. The molecular weight excluding hydrogens is 354 g/mol. The van der Waals surface area contributed by atoms with Crippen LogP contribution in [0.25, 0.3) is 9.75 Å². The number of carbonyl (C=O) groups is 1. The third-order valence-electron chi connectivity index (χ3n) is 4.46. The van der Waals surface area contributed by atoms with Crippen LogP contribution in [0, 0.1) is 25.7 Å². The first kappa shape index (κ1) is 18.1. The van der Waals surface area contributed by atoms with Gasteiger partial charge in [0.2, 0.25) is 0 Å². The van der Waals surface area contributed by atoms with Crippen LogP contribution in [0.3, 0.4) is 0 Å². The number of carboxylic acid groups (broad SMARTS) is 1. The van der Waals surface area contributed by atoms with Crippen molar-refractivity contribution in [2.45, 2.75) is 20.3 Å². The molecule has 5 nitrogen and oxygen atoms in total. The van der Waals surface area contributed by atoms with Gasteiger partial charge in [-0.2, -0.15) is 5.10 Å². The summed E-state index contributed by atoms with van der Waals surface area (Å²) in [5.41, 5.74) is 5.67. The number of thiophene rings is 2. The number of rotatable bonds is 6. The molecule has 2 atom stereocenters. The highest BCUT2D eigenvalue weighted by molar-refractivity contribution is 7.22. The molecule has 0 radical (unpaired) electrons. The topological polar surface area (TPSA) is 73.7 Å². The van der Waals surface area contributed by atoms with Gasteiger partial charge in [0.1, 0.15) is 0 Å². The number of piperidine rings is 1. The summed E-state index contributed by atoms with van der Waals surface area (Å²) in [6.45, 7) is 6.37. The minimum atomic E-state index is -0.717. The number of hydrazone groups is 1. The van der Waals surface area contributed by atoms with Crippen LogP contribution in [0.2, 0.25) is 0 Å². The molecule has 3 heterocycles. The van der Waals surface area contributed by atoms with Crippen molar-refractivity contribution in [1.29, 1.82) is 0 Å². The Morgan fingerprint density at radius 3 is 2.96 bits per heavy atom. The van der Waals surface area contributed by atoms with Crippen molar-refractivity contribution in [1.82, 2.24) is 10.7 Å². The van der Waals surface area contributed by atoms with E-state index in [-0.39, 0.29) is 5.92 Å². The van der Waals surface area contributed by atoms with Gasteiger partial charge in [0.15, 0.2) is 0 Å². The zero-order valence-corrected chi connectivity index (χ0v) is 16.0. The molecule has 7 heteroatoms. The van der Waals surface area contributed by atoms with Crippen molar-refractivity contribution >= 4 is 34.9 Å². The lowest BCUT2D eigenvalue weighted by Gasteiger charge is -2.27. The number of hydrogen-bond acceptors (Lipinski definition) is 6. The third kappa shape index (κ3) is 4.48. The second kappa shape index (κ2) is 8.12. The van der Waals surface area contributed by atoms with Crippen LogP contribution in [0.5, 0.6) is 0 Å². The normalized spacial score (nSPS) is 20.9. The largest absolute Gasteiger partial charge is 0.481 e. The van der Waals surface area contributed by atoms with E-state index in [9.17, 15) is 4.79 Å². The maximum absolute atomic E-state index is 11.1. The summed E-state index contributed by atoms with van der Waals surface area (Å²) in [6.07, 6.45) is 2.56. The Hall–Kier alpha value is -1.70. The number of nitrogens with one attached hydrogen (secondary N) is 2. The summed E-state index contributed by atoms with van der Waals surface area (Å²) < 4.78 is 0. The Labute approximate surface area is 155 Å². The van der Waals surface area contributed by atoms with Gasteiger partial charge in [-0.25, -0.2) is 0 Å². The van der Waals surface area contributed by atoms with E-state index in [0.717, 1.165) is 11.4 Å². The second-order valence-corrected chi connectivity index (χ2v) is 8.51. The number of hydrogen-bond donors (Lipinski definition) is 3. The van der Waals surface area contributed by atoms with Crippen molar-refractivity contribution in [2.24, 2.45) is 16.9 Å². The van der Waals surface area contributed by atoms with Gasteiger partial charge >= 0.3 is 5.97 Å². The van der Waals surface area contributed by atoms with E-state index in [1.54, 1.807) is 22.7 Å². The van der Waals surface area contributed by atoms with Gasteiger partial charge in [0.25, 0.3) is 0 Å². The highest BCUT2D eigenvalue weighted by atomic mass is 32.1. The van der Waals surface area contributed by atoms with Crippen molar-refractivity contribution < 1.29 is 9.90 Å². The first-order valence-electron chi connectivity index (χ1n) is 8.39. The third-order valence-corrected chi connectivity index (χ3v) is 6.81. The molecule has 1 saturated heterocycles. The molecule has 0 unspecified atom stereocenters. The number of carboxylic acids is 1. The Bertz CT molecular complexity index is 766. The van der Waals surface area contributed by atoms with E-state index < -0.39 is 5.97 Å². The van der Waals surface area contributed by atoms with Gasteiger partial charge < -0.3 is 15.8 Å². The molecule has 134 valence electrons. The standard InChI is InChI=1S/C18H23N3O2S2/c1-11-3-4-24-16(11)17-12(2)5-15(25-17)10-21-20-8-13-6-14(18(22)23)9-19-7-13/h3-5,10,13-14,19-20H,6-9H2,1-2H3,(H,22,23)/b21-10+/t13-,14-/m1/s1. The van der Waals surface area contributed by atoms with E-state index >= 15 is 0 Å². The molecule has 1 aliphatic rings. The fourth-order valence-electron chi connectivity index (χ4n) is 3.07. The van der Waals surface area contributed by atoms with Gasteiger partial charge in [-0.05, 0) is 61.4 Å². The molecular formula is C18H23N3O2S2. The molecule has 3 N–H and O–H groups in total. The first-order valence-corrected chi connectivity index (χ1v) is 10.1. The highest BCUT2D eigenvalue weighted by Gasteiger charge is 2.26. The molecule has 0 aromatic carbocycles. The van der Waals surface area contributed by atoms with Crippen molar-refractivity contribution in [2.75, 3.05) is 19.6 Å². The first-order chi connectivity index (χ1) is 12.0. The monoisotopic (exact) mass is 377 g/mol. The molecule has 0 saturated carbocycles. The summed E-state index contributed by atoms with van der Waals surface area (Å²) in [5.74, 6) is -0.714. The minimum absolute atomic E-state index is 0.291. The lowest BCUT2D eigenvalue weighted by Crippen LogP contribution is -2.42. The van der Waals surface area contributed by atoms with Gasteiger partial charge in [0, 0.05) is 27.7 Å². The summed E-state index contributed by atoms with van der Waals surface area (Å²) in [4.78, 5) is 14.9. The fraction of sp³-hybridized carbons (Fsp3) is 0.444. The average Bonchev–Trinajstić information content (AvgIpc) is 3.17. The number of aryl methyl sites for hydroxylation is 2. The van der Waals surface area contributed by atoms with Crippen molar-refractivity contribution in [3.8, 4) is 9.75 Å². The molecule has 1 fully saturated rings. The average molecular weight is 378 g/mol. The van der Waals surface area contributed by atoms with Gasteiger partial charge in [-0.15, -0.1) is 22.7 Å². The summed E-state index contributed by atoms with van der Waals surface area (Å²) in [6, 6.07) is 4.31. The molecule has 1 aliphatic heterocycles. The Morgan fingerprint density at radius 2 is 2.24 bits per heavy atom. The smallest absolute Gasteiger partial charge is 0.307 e. The summed E-state index contributed by atoms with van der Waals surface area (Å²) in [5, 5.41) is 18.8. The van der Waals surface area contributed by atoms with E-state index in [2.05, 4.69) is 47.2 Å². The quantitative estimate of drug-likeness (QED) is 0.533. The fourth-order valence-corrected chi connectivity index (χ4v) is 5.32. The molecule has 3 rings (SSSR count). The Balaban J connectivity index is 1.55. The van der Waals surface area contributed by atoms with Crippen LogP contribution in [0.1, 0.15) is 22.4 Å². The Kier molecular flexibility index (Phi) is 5.88. The van der Waals surface area contributed by atoms with E-state index in [1.807, 2.05) is 6.21 Å². The van der Waals surface area contributed by atoms with E-state index in [4.69, 9.17) is 5.11 Å². The van der Waals surface area contributed by atoms with E-state index in [0.29, 0.717) is 25.4 Å². The van der Waals surface area contributed by atoms with Crippen LogP contribution in [-0.2, 0) is 4.79 Å². The molecule has 2 aromatic heterocycles. The van der Waals surface area contributed by atoms with Gasteiger partial charge in [-0.1, -0.05) is 0 Å². The predicted octanol–water partition coefficient (Wildman–Crippen LogP) is 3.33. The summed E-state index contributed by atoms with van der Waals surface area (Å²) in [7, 11) is 0.